The molecule has 1 aromatic carbocycles. The summed E-state index contributed by atoms with van der Waals surface area (Å²) in [7, 11) is 0. The number of carbonyl (C=O) groups excluding carboxylic acids is 2. The van der Waals surface area contributed by atoms with Crippen molar-refractivity contribution in [1.82, 2.24) is 10.2 Å². The molecule has 8 heteroatoms. The van der Waals surface area contributed by atoms with Crippen LogP contribution in [0.5, 0.6) is 0 Å². The van der Waals surface area contributed by atoms with Crippen LogP contribution in [0.1, 0.15) is 35.2 Å². The van der Waals surface area contributed by atoms with Gasteiger partial charge in [-0.15, -0.1) is 0 Å². The fourth-order valence-electron chi connectivity index (χ4n) is 2.76. The molecule has 0 aliphatic carbocycles. The van der Waals surface area contributed by atoms with Crippen LogP contribution in [0.15, 0.2) is 24.3 Å². The first kappa shape index (κ1) is 20.2. The van der Waals surface area contributed by atoms with Crippen LogP contribution in [0.25, 0.3) is 0 Å². The molecule has 1 N–H and O–H groups in total. The second kappa shape index (κ2) is 9.02. The Morgan fingerprint density at radius 3 is 2.38 bits per heavy atom. The van der Waals surface area contributed by atoms with E-state index in [0.717, 1.165) is 5.56 Å². The smallest absolute Gasteiger partial charge is 0.372 e. The Balaban J connectivity index is 1.68. The Morgan fingerprint density at radius 2 is 1.81 bits per heavy atom. The molecule has 5 nitrogen and oxygen atoms in total. The third-order valence-corrected chi connectivity index (χ3v) is 4.18. The molecule has 0 saturated carbocycles. The van der Waals surface area contributed by atoms with Gasteiger partial charge >= 0.3 is 6.18 Å². The van der Waals surface area contributed by atoms with Gasteiger partial charge in [-0.3, -0.25) is 9.59 Å². The number of amides is 2. The molecule has 1 aliphatic heterocycles. The lowest BCUT2D eigenvalue weighted by Crippen LogP contribution is -2.46. The van der Waals surface area contributed by atoms with Crippen molar-refractivity contribution in [3.05, 3.63) is 35.4 Å². The van der Waals surface area contributed by atoms with E-state index < -0.39 is 12.8 Å². The number of hydrogen-bond donors (Lipinski definition) is 1. The predicted octanol–water partition coefficient (Wildman–Crippen LogP) is 2.68. The van der Waals surface area contributed by atoms with E-state index >= 15 is 0 Å². The number of nitrogens with zero attached hydrogens (tertiary/aromatic N) is 1. The number of aryl methyl sites for hydroxylation is 1. The molecular weight excluding hydrogens is 349 g/mol. The Morgan fingerprint density at radius 1 is 1.19 bits per heavy atom. The maximum Gasteiger partial charge on any atom is 0.411 e. The van der Waals surface area contributed by atoms with E-state index in [4.69, 9.17) is 0 Å². The summed E-state index contributed by atoms with van der Waals surface area (Å²) >= 11 is 0. The fourth-order valence-corrected chi connectivity index (χ4v) is 2.76. The zero-order chi connectivity index (χ0) is 19.2. The number of carbonyl (C=O) groups is 2. The molecule has 0 atom stereocenters. The maximum absolute atomic E-state index is 12.4. The van der Waals surface area contributed by atoms with Crippen LogP contribution in [0.2, 0.25) is 0 Å². The Bertz CT molecular complexity index is 609. The molecule has 0 radical (unpaired) electrons. The van der Waals surface area contributed by atoms with Gasteiger partial charge < -0.3 is 15.0 Å². The summed E-state index contributed by atoms with van der Waals surface area (Å²) in [6, 6.07) is 7.30. The molecule has 1 heterocycles. The number of halogens is 3. The molecule has 0 spiro atoms. The van der Waals surface area contributed by atoms with Gasteiger partial charge in [-0.2, -0.15) is 13.2 Å². The van der Waals surface area contributed by atoms with Gasteiger partial charge in [0.25, 0.3) is 5.91 Å². The highest BCUT2D eigenvalue weighted by atomic mass is 19.4. The predicted molar refractivity (Wildman–Crippen MR) is 89.7 cm³/mol. The van der Waals surface area contributed by atoms with Crippen LogP contribution in [0.4, 0.5) is 13.2 Å². The van der Waals surface area contributed by atoms with Crippen molar-refractivity contribution in [2.24, 2.45) is 0 Å². The first-order chi connectivity index (χ1) is 12.2. The van der Waals surface area contributed by atoms with E-state index in [2.05, 4.69) is 10.1 Å². The third-order valence-electron chi connectivity index (χ3n) is 4.18. The number of likely N-dealkylation sites (tertiary alicyclic amines) is 1. The highest BCUT2D eigenvalue weighted by molar-refractivity contribution is 5.94. The molecule has 26 heavy (non-hydrogen) atoms. The second-order valence-electron chi connectivity index (χ2n) is 6.42. The Kier molecular flexibility index (Phi) is 7.02. The molecule has 1 aliphatic rings. The van der Waals surface area contributed by atoms with Gasteiger partial charge in [-0.05, 0) is 31.9 Å². The summed E-state index contributed by atoms with van der Waals surface area (Å²) in [5.74, 6) is -0.370. The normalized spacial score (nSPS) is 15.8. The molecule has 144 valence electrons. The van der Waals surface area contributed by atoms with Crippen LogP contribution in [0.3, 0.4) is 0 Å². The van der Waals surface area contributed by atoms with Crippen molar-refractivity contribution in [3.63, 3.8) is 0 Å². The second-order valence-corrected chi connectivity index (χ2v) is 6.42. The largest absolute Gasteiger partial charge is 0.411 e. The van der Waals surface area contributed by atoms with Crippen LogP contribution < -0.4 is 5.32 Å². The third kappa shape index (κ3) is 6.67. The quantitative estimate of drug-likeness (QED) is 0.781. The highest BCUT2D eigenvalue weighted by Gasteiger charge is 2.28. The van der Waals surface area contributed by atoms with E-state index in [9.17, 15) is 22.8 Å². The summed E-state index contributed by atoms with van der Waals surface area (Å²) in [6.45, 7) is 1.40. The Labute approximate surface area is 150 Å². The lowest BCUT2D eigenvalue weighted by molar-refractivity contribution is -0.174. The molecule has 1 saturated heterocycles. The molecular formula is C18H23F3N2O3. The number of alkyl halides is 3. The molecule has 0 bridgehead atoms. The number of piperidine rings is 1. The number of hydrogen-bond acceptors (Lipinski definition) is 3. The van der Waals surface area contributed by atoms with E-state index in [1.165, 1.54) is 0 Å². The minimum Gasteiger partial charge on any atom is -0.372 e. The topological polar surface area (TPSA) is 58.6 Å². The lowest BCUT2D eigenvalue weighted by Gasteiger charge is -2.32. The zero-order valence-electron chi connectivity index (χ0n) is 14.6. The number of ether oxygens (including phenoxy) is 1. The minimum absolute atomic E-state index is 0.0321. The number of nitrogens with one attached hydrogen (secondary N) is 1. The number of rotatable bonds is 6. The van der Waals surface area contributed by atoms with Gasteiger partial charge in [0.2, 0.25) is 5.91 Å². The van der Waals surface area contributed by atoms with Crippen LogP contribution in [-0.4, -0.2) is 55.2 Å². The van der Waals surface area contributed by atoms with E-state index in [1.807, 2.05) is 19.1 Å². The summed E-state index contributed by atoms with van der Waals surface area (Å²) < 4.78 is 40.2. The van der Waals surface area contributed by atoms with Crippen molar-refractivity contribution < 1.29 is 27.5 Å². The van der Waals surface area contributed by atoms with Crippen LogP contribution in [-0.2, 0) is 9.53 Å². The first-order valence-electron chi connectivity index (χ1n) is 8.54. The first-order valence-corrected chi connectivity index (χ1v) is 8.54. The van der Waals surface area contributed by atoms with Gasteiger partial charge in [0.1, 0.15) is 6.61 Å². The van der Waals surface area contributed by atoms with Gasteiger partial charge in [-0.25, -0.2) is 0 Å². The number of benzene rings is 1. The molecule has 0 unspecified atom stereocenters. The average Bonchev–Trinajstić information content (AvgIpc) is 2.59. The van der Waals surface area contributed by atoms with E-state index in [0.29, 0.717) is 31.5 Å². The average molecular weight is 372 g/mol. The Hall–Kier alpha value is -2.09. The van der Waals surface area contributed by atoms with Gasteiger partial charge in [-0.1, -0.05) is 17.7 Å². The summed E-state index contributed by atoms with van der Waals surface area (Å²) in [4.78, 5) is 25.9. The molecule has 1 fully saturated rings. The van der Waals surface area contributed by atoms with Gasteiger partial charge in [0, 0.05) is 31.1 Å². The molecule has 2 amide bonds. The van der Waals surface area contributed by atoms with Crippen molar-refractivity contribution in [2.75, 3.05) is 26.3 Å². The van der Waals surface area contributed by atoms with E-state index in [-0.39, 0.29) is 30.9 Å². The minimum atomic E-state index is -4.38. The van der Waals surface area contributed by atoms with Gasteiger partial charge in [0.15, 0.2) is 0 Å². The summed E-state index contributed by atoms with van der Waals surface area (Å²) in [5, 5.41) is 2.79. The molecule has 0 aromatic heterocycles. The lowest BCUT2D eigenvalue weighted by atomic mass is 10.0. The fraction of sp³-hybridized carbons (Fsp3) is 0.556. The maximum atomic E-state index is 12.4. The van der Waals surface area contributed by atoms with Crippen LogP contribution in [0, 0.1) is 6.92 Å². The monoisotopic (exact) mass is 372 g/mol. The zero-order valence-corrected chi connectivity index (χ0v) is 14.6. The van der Waals surface area contributed by atoms with E-state index in [1.54, 1.807) is 17.0 Å². The SMILES string of the molecule is Cc1ccc(C(=O)N2CCC(NC(=O)CCOCC(F)(F)F)CC2)cc1. The molecule has 2 rings (SSSR count). The van der Waals surface area contributed by atoms with Crippen LogP contribution >= 0.6 is 0 Å². The van der Waals surface area contributed by atoms with Crippen molar-refractivity contribution in [1.29, 1.82) is 0 Å². The summed E-state index contributed by atoms with van der Waals surface area (Å²) in [5.41, 5.74) is 1.72. The van der Waals surface area contributed by atoms with Crippen molar-refractivity contribution in [3.8, 4) is 0 Å². The van der Waals surface area contributed by atoms with Crippen molar-refractivity contribution in [2.45, 2.75) is 38.4 Å². The molecule has 1 aromatic rings. The standard InChI is InChI=1S/C18H23F3N2O3/c1-13-2-4-14(5-3-13)17(25)23-9-6-15(7-10-23)22-16(24)8-11-26-12-18(19,20)21/h2-5,15H,6-12H2,1H3,(H,22,24). The summed E-state index contributed by atoms with van der Waals surface area (Å²) in [6.07, 6.45) is -3.26. The van der Waals surface area contributed by atoms with Crippen molar-refractivity contribution >= 4 is 11.8 Å². The van der Waals surface area contributed by atoms with Gasteiger partial charge in [0.05, 0.1) is 6.61 Å². The highest BCUT2D eigenvalue weighted by Crippen LogP contribution is 2.16.